The standard InChI is InChI=1S/C31H29N3O4/c1-4-9-23-16-22(17-26(20-33)31(35)34-27-12-14-28(15-13-27)36-5-2)18-29(37-6-3)30(23)38-21-25-11-8-7-10-24(25)19-32/h4,7-8,10-18H,1,5-6,9,21H2,2-3H3,(H,34,35)/b26-17+. The number of carbonyl (C=O) groups is 1. The molecule has 0 radical (unpaired) electrons. The first-order valence-electron chi connectivity index (χ1n) is 12.2. The fourth-order valence-corrected chi connectivity index (χ4v) is 3.72. The fourth-order valence-electron chi connectivity index (χ4n) is 3.72. The summed E-state index contributed by atoms with van der Waals surface area (Å²) in [6.07, 6.45) is 3.71. The largest absolute Gasteiger partial charge is 0.494 e. The molecule has 0 fully saturated rings. The average Bonchev–Trinajstić information content (AvgIpc) is 2.93. The summed E-state index contributed by atoms with van der Waals surface area (Å²) in [5, 5.41) is 21.8. The van der Waals surface area contributed by atoms with Gasteiger partial charge in [0.05, 0.1) is 24.8 Å². The number of ether oxygens (including phenoxy) is 3. The van der Waals surface area contributed by atoms with Gasteiger partial charge in [0.25, 0.3) is 5.91 Å². The van der Waals surface area contributed by atoms with E-state index in [1.165, 1.54) is 6.08 Å². The second kappa shape index (κ2) is 13.9. The monoisotopic (exact) mass is 507 g/mol. The maximum Gasteiger partial charge on any atom is 0.266 e. The molecule has 0 aliphatic heterocycles. The van der Waals surface area contributed by atoms with E-state index in [0.29, 0.717) is 53.7 Å². The summed E-state index contributed by atoms with van der Waals surface area (Å²) >= 11 is 0. The Hall–Kier alpha value is -5.01. The number of hydrogen-bond acceptors (Lipinski definition) is 6. The molecule has 7 heteroatoms. The summed E-state index contributed by atoms with van der Waals surface area (Å²) in [5.74, 6) is 1.15. The molecule has 0 bridgehead atoms. The van der Waals surface area contributed by atoms with E-state index in [2.05, 4.69) is 18.0 Å². The first-order valence-corrected chi connectivity index (χ1v) is 12.2. The van der Waals surface area contributed by atoms with Gasteiger partial charge in [0.1, 0.15) is 24.0 Å². The number of hydrogen-bond donors (Lipinski definition) is 1. The SMILES string of the molecule is C=CCc1cc(/C=C(\C#N)C(=O)Nc2ccc(OCC)cc2)cc(OCC)c1OCc1ccccc1C#N. The zero-order valence-corrected chi connectivity index (χ0v) is 21.5. The van der Waals surface area contributed by atoms with Crippen molar-refractivity contribution in [3.05, 3.63) is 101 Å². The molecule has 7 nitrogen and oxygen atoms in total. The highest BCUT2D eigenvalue weighted by molar-refractivity contribution is 6.09. The lowest BCUT2D eigenvalue weighted by atomic mass is 10.0. The summed E-state index contributed by atoms with van der Waals surface area (Å²) in [4.78, 5) is 12.8. The molecule has 0 spiro atoms. The number of benzene rings is 3. The molecule has 192 valence electrons. The maximum atomic E-state index is 12.8. The number of carbonyl (C=O) groups excluding carboxylic acids is 1. The van der Waals surface area contributed by atoms with Crippen molar-refractivity contribution in [2.45, 2.75) is 26.9 Å². The normalized spacial score (nSPS) is 10.6. The maximum absolute atomic E-state index is 12.8. The van der Waals surface area contributed by atoms with Crippen molar-refractivity contribution >= 4 is 17.7 Å². The lowest BCUT2D eigenvalue weighted by molar-refractivity contribution is -0.112. The first-order chi connectivity index (χ1) is 18.5. The third-order valence-electron chi connectivity index (χ3n) is 5.43. The van der Waals surface area contributed by atoms with Crippen LogP contribution in [0.15, 0.2) is 78.9 Å². The van der Waals surface area contributed by atoms with Crippen molar-refractivity contribution in [2.24, 2.45) is 0 Å². The molecule has 0 aliphatic carbocycles. The van der Waals surface area contributed by atoms with Gasteiger partial charge in [-0.2, -0.15) is 10.5 Å². The number of nitriles is 2. The molecule has 0 unspecified atom stereocenters. The van der Waals surface area contributed by atoms with Crippen molar-refractivity contribution in [3.8, 4) is 29.4 Å². The topological polar surface area (TPSA) is 104 Å². The Morgan fingerprint density at radius 2 is 1.71 bits per heavy atom. The Morgan fingerprint density at radius 1 is 0.974 bits per heavy atom. The first kappa shape index (κ1) is 27.6. The van der Waals surface area contributed by atoms with Crippen LogP contribution in [0.1, 0.15) is 36.1 Å². The quantitative estimate of drug-likeness (QED) is 0.178. The van der Waals surface area contributed by atoms with Gasteiger partial charge in [0.15, 0.2) is 11.5 Å². The third kappa shape index (κ3) is 7.25. The van der Waals surface area contributed by atoms with Gasteiger partial charge in [-0.15, -0.1) is 6.58 Å². The van der Waals surface area contributed by atoms with E-state index in [1.54, 1.807) is 48.5 Å². The molecule has 3 aromatic rings. The molecule has 0 saturated heterocycles. The molecule has 3 rings (SSSR count). The predicted molar refractivity (Wildman–Crippen MR) is 147 cm³/mol. The average molecular weight is 508 g/mol. The Bertz CT molecular complexity index is 1400. The number of nitrogens with zero attached hydrogens (tertiary/aromatic N) is 2. The lowest BCUT2D eigenvalue weighted by Crippen LogP contribution is -2.13. The number of rotatable bonds is 12. The van der Waals surface area contributed by atoms with E-state index in [9.17, 15) is 15.3 Å². The molecular formula is C31H29N3O4. The minimum Gasteiger partial charge on any atom is -0.494 e. The highest BCUT2D eigenvalue weighted by atomic mass is 16.5. The van der Waals surface area contributed by atoms with Crippen molar-refractivity contribution < 1.29 is 19.0 Å². The van der Waals surface area contributed by atoms with Crippen LogP contribution < -0.4 is 19.5 Å². The molecule has 0 atom stereocenters. The molecule has 1 amide bonds. The van der Waals surface area contributed by atoms with Gasteiger partial charge in [-0.1, -0.05) is 24.3 Å². The van der Waals surface area contributed by atoms with Crippen LogP contribution in [0.3, 0.4) is 0 Å². The Morgan fingerprint density at radius 3 is 2.37 bits per heavy atom. The van der Waals surface area contributed by atoms with Crippen molar-refractivity contribution in [1.82, 2.24) is 0 Å². The minimum absolute atomic E-state index is 0.0671. The van der Waals surface area contributed by atoms with Gasteiger partial charge in [0.2, 0.25) is 0 Å². The van der Waals surface area contributed by atoms with Crippen LogP contribution in [0.25, 0.3) is 6.08 Å². The van der Waals surface area contributed by atoms with Crippen LogP contribution in [0, 0.1) is 22.7 Å². The summed E-state index contributed by atoms with van der Waals surface area (Å²) in [5.41, 5.74) is 3.14. The zero-order chi connectivity index (χ0) is 27.3. The van der Waals surface area contributed by atoms with E-state index >= 15 is 0 Å². The summed E-state index contributed by atoms with van der Waals surface area (Å²) in [7, 11) is 0. The third-order valence-corrected chi connectivity index (χ3v) is 5.43. The van der Waals surface area contributed by atoms with Crippen LogP contribution in [0.5, 0.6) is 17.2 Å². The van der Waals surface area contributed by atoms with Gasteiger partial charge < -0.3 is 19.5 Å². The molecule has 1 N–H and O–H groups in total. The molecule has 0 saturated carbocycles. The molecule has 0 aromatic heterocycles. The highest BCUT2D eigenvalue weighted by Crippen LogP contribution is 2.35. The Balaban J connectivity index is 1.90. The smallest absolute Gasteiger partial charge is 0.266 e. The van der Waals surface area contributed by atoms with E-state index in [-0.39, 0.29) is 12.2 Å². The van der Waals surface area contributed by atoms with Gasteiger partial charge in [-0.3, -0.25) is 4.79 Å². The van der Waals surface area contributed by atoms with Crippen LogP contribution in [0.4, 0.5) is 5.69 Å². The molecular weight excluding hydrogens is 478 g/mol. The van der Waals surface area contributed by atoms with Gasteiger partial charge in [-0.05, 0) is 74.4 Å². The van der Waals surface area contributed by atoms with E-state index in [1.807, 2.05) is 38.1 Å². The van der Waals surface area contributed by atoms with Crippen molar-refractivity contribution in [3.63, 3.8) is 0 Å². The number of nitrogens with one attached hydrogen (secondary N) is 1. The van der Waals surface area contributed by atoms with Crippen LogP contribution >= 0.6 is 0 Å². The molecule has 0 heterocycles. The second-order valence-corrected chi connectivity index (χ2v) is 8.07. The highest BCUT2D eigenvalue weighted by Gasteiger charge is 2.16. The van der Waals surface area contributed by atoms with Crippen LogP contribution in [-0.4, -0.2) is 19.1 Å². The van der Waals surface area contributed by atoms with Crippen LogP contribution in [0.2, 0.25) is 0 Å². The van der Waals surface area contributed by atoms with Crippen LogP contribution in [-0.2, 0) is 17.8 Å². The van der Waals surface area contributed by atoms with Gasteiger partial charge in [-0.25, -0.2) is 0 Å². The minimum atomic E-state index is -0.534. The Labute approximate surface area is 223 Å². The lowest BCUT2D eigenvalue weighted by Gasteiger charge is -2.17. The fraction of sp³-hybridized carbons (Fsp3) is 0.194. The number of amides is 1. The summed E-state index contributed by atoms with van der Waals surface area (Å²) in [6.45, 7) is 8.69. The Kier molecular flexibility index (Phi) is 10.1. The van der Waals surface area contributed by atoms with E-state index in [0.717, 1.165) is 11.1 Å². The second-order valence-electron chi connectivity index (χ2n) is 8.07. The number of allylic oxidation sites excluding steroid dienone is 1. The number of anilines is 1. The summed E-state index contributed by atoms with van der Waals surface area (Å²) < 4.78 is 17.4. The van der Waals surface area contributed by atoms with E-state index in [4.69, 9.17) is 14.2 Å². The van der Waals surface area contributed by atoms with Gasteiger partial charge >= 0.3 is 0 Å². The van der Waals surface area contributed by atoms with E-state index < -0.39 is 5.91 Å². The predicted octanol–water partition coefficient (Wildman–Crippen LogP) is 6.21. The molecule has 38 heavy (non-hydrogen) atoms. The van der Waals surface area contributed by atoms with Crippen molar-refractivity contribution in [2.75, 3.05) is 18.5 Å². The molecule has 0 aliphatic rings. The summed E-state index contributed by atoms with van der Waals surface area (Å²) in [6, 6.07) is 21.9. The molecule has 3 aromatic carbocycles. The zero-order valence-electron chi connectivity index (χ0n) is 21.5. The van der Waals surface area contributed by atoms with Crippen molar-refractivity contribution in [1.29, 1.82) is 10.5 Å². The van der Waals surface area contributed by atoms with Gasteiger partial charge in [0, 0.05) is 16.8 Å².